The fraction of sp³-hybridized carbons (Fsp3) is 0.429. The summed E-state index contributed by atoms with van der Waals surface area (Å²) in [5, 5.41) is 0. The largest absolute Gasteiger partial charge is 0.251 e. The second-order valence-electron chi connectivity index (χ2n) is 3.68. The van der Waals surface area contributed by atoms with Crippen molar-refractivity contribution in [2.75, 3.05) is 6.67 Å². The van der Waals surface area contributed by atoms with E-state index in [0.29, 0.717) is 6.42 Å². The van der Waals surface area contributed by atoms with Crippen LogP contribution in [0.25, 0.3) is 6.08 Å². The molecule has 0 aliphatic heterocycles. The number of unbranched alkanes of at least 4 members (excludes halogenated alkanes) is 2. The van der Waals surface area contributed by atoms with Gasteiger partial charge in [-0.3, -0.25) is 4.39 Å². The van der Waals surface area contributed by atoms with Crippen molar-refractivity contribution in [3.8, 4) is 0 Å². The van der Waals surface area contributed by atoms with Gasteiger partial charge in [0.25, 0.3) is 0 Å². The molecule has 0 fully saturated rings. The van der Waals surface area contributed by atoms with E-state index >= 15 is 0 Å². The van der Waals surface area contributed by atoms with Crippen molar-refractivity contribution in [1.29, 1.82) is 0 Å². The standard InChI is InChI=1S/C14H19F/c1-2-3-4-5-8-13-9-6-7-10-14(13)11-12-15/h5-10H,2-4,11-12H2,1H3. The lowest BCUT2D eigenvalue weighted by molar-refractivity contribution is 0.495. The molecule has 0 saturated carbocycles. The maximum absolute atomic E-state index is 12.3. The van der Waals surface area contributed by atoms with Crippen molar-refractivity contribution in [3.63, 3.8) is 0 Å². The van der Waals surface area contributed by atoms with E-state index in [1.807, 2.05) is 24.3 Å². The van der Waals surface area contributed by atoms with Crippen LogP contribution in [0.3, 0.4) is 0 Å². The summed E-state index contributed by atoms with van der Waals surface area (Å²) in [5.41, 5.74) is 2.26. The van der Waals surface area contributed by atoms with Crippen LogP contribution < -0.4 is 0 Å². The highest BCUT2D eigenvalue weighted by Gasteiger charge is 1.97. The van der Waals surface area contributed by atoms with Gasteiger partial charge in [0.1, 0.15) is 0 Å². The minimum atomic E-state index is -0.278. The van der Waals surface area contributed by atoms with Crippen LogP contribution in [0.2, 0.25) is 0 Å². The number of allylic oxidation sites excluding steroid dienone is 1. The summed E-state index contributed by atoms with van der Waals surface area (Å²) in [7, 11) is 0. The van der Waals surface area contributed by atoms with Crippen molar-refractivity contribution in [1.82, 2.24) is 0 Å². The molecule has 1 rings (SSSR count). The fourth-order valence-electron chi connectivity index (χ4n) is 1.56. The maximum Gasteiger partial charge on any atom is 0.0934 e. The highest BCUT2D eigenvalue weighted by molar-refractivity contribution is 5.53. The summed E-state index contributed by atoms with van der Waals surface area (Å²) < 4.78 is 12.3. The summed E-state index contributed by atoms with van der Waals surface area (Å²) in [6, 6.07) is 8.02. The van der Waals surface area contributed by atoms with Gasteiger partial charge in [0, 0.05) is 6.42 Å². The highest BCUT2D eigenvalue weighted by Crippen LogP contribution is 2.12. The molecular weight excluding hydrogens is 187 g/mol. The average Bonchev–Trinajstić information content (AvgIpc) is 2.27. The van der Waals surface area contributed by atoms with Gasteiger partial charge in [0.2, 0.25) is 0 Å². The van der Waals surface area contributed by atoms with E-state index in [-0.39, 0.29) is 6.67 Å². The summed E-state index contributed by atoms with van der Waals surface area (Å²) in [4.78, 5) is 0. The van der Waals surface area contributed by atoms with E-state index in [1.165, 1.54) is 12.8 Å². The van der Waals surface area contributed by atoms with Gasteiger partial charge in [-0.25, -0.2) is 0 Å². The summed E-state index contributed by atoms with van der Waals surface area (Å²) >= 11 is 0. The summed E-state index contributed by atoms with van der Waals surface area (Å²) in [6.45, 7) is 1.91. The van der Waals surface area contributed by atoms with E-state index in [2.05, 4.69) is 19.1 Å². The molecule has 0 unspecified atom stereocenters. The van der Waals surface area contributed by atoms with Crippen molar-refractivity contribution < 1.29 is 4.39 Å². The van der Waals surface area contributed by atoms with Gasteiger partial charge in [-0.2, -0.15) is 0 Å². The van der Waals surface area contributed by atoms with Crippen molar-refractivity contribution >= 4 is 6.08 Å². The van der Waals surface area contributed by atoms with E-state index in [4.69, 9.17) is 0 Å². The lowest BCUT2D eigenvalue weighted by Crippen LogP contribution is -1.90. The molecule has 0 aliphatic carbocycles. The lowest BCUT2D eigenvalue weighted by atomic mass is 10.0. The number of benzene rings is 1. The normalized spacial score (nSPS) is 11.1. The Morgan fingerprint density at radius 2 is 2.07 bits per heavy atom. The van der Waals surface area contributed by atoms with E-state index in [0.717, 1.165) is 17.5 Å². The van der Waals surface area contributed by atoms with Crippen LogP contribution in [0.15, 0.2) is 30.3 Å². The predicted molar refractivity (Wildman–Crippen MR) is 64.7 cm³/mol. The smallest absolute Gasteiger partial charge is 0.0934 e. The molecule has 0 aromatic heterocycles. The molecular formula is C14H19F. The molecule has 0 N–H and O–H groups in total. The molecule has 0 radical (unpaired) electrons. The second kappa shape index (κ2) is 7.22. The third kappa shape index (κ3) is 4.28. The van der Waals surface area contributed by atoms with Gasteiger partial charge >= 0.3 is 0 Å². The van der Waals surface area contributed by atoms with Gasteiger partial charge in [-0.1, -0.05) is 56.2 Å². The average molecular weight is 206 g/mol. The minimum absolute atomic E-state index is 0.278. The zero-order valence-electron chi connectivity index (χ0n) is 9.38. The molecule has 0 atom stereocenters. The summed E-state index contributed by atoms with van der Waals surface area (Å²) in [6.07, 6.45) is 8.37. The van der Waals surface area contributed by atoms with Crippen LogP contribution in [0, 0.1) is 0 Å². The van der Waals surface area contributed by atoms with Crippen molar-refractivity contribution in [2.24, 2.45) is 0 Å². The first kappa shape index (κ1) is 12.0. The van der Waals surface area contributed by atoms with Gasteiger partial charge < -0.3 is 0 Å². The number of rotatable bonds is 6. The Kier molecular flexibility index (Phi) is 5.76. The van der Waals surface area contributed by atoms with Crippen molar-refractivity contribution in [3.05, 3.63) is 41.5 Å². The van der Waals surface area contributed by atoms with Gasteiger partial charge in [-0.15, -0.1) is 0 Å². The molecule has 0 bridgehead atoms. The number of hydrogen-bond acceptors (Lipinski definition) is 0. The lowest BCUT2D eigenvalue weighted by Gasteiger charge is -2.02. The predicted octanol–water partition coefficient (Wildman–Crippen LogP) is 4.40. The van der Waals surface area contributed by atoms with E-state index in [9.17, 15) is 4.39 Å². The van der Waals surface area contributed by atoms with Gasteiger partial charge in [-0.05, 0) is 17.5 Å². The molecule has 82 valence electrons. The van der Waals surface area contributed by atoms with Crippen LogP contribution in [0.4, 0.5) is 4.39 Å². The molecule has 0 saturated heterocycles. The van der Waals surface area contributed by atoms with Crippen LogP contribution in [-0.4, -0.2) is 6.67 Å². The molecule has 0 heterocycles. The maximum atomic E-state index is 12.3. The molecule has 1 aromatic rings. The Hall–Kier alpha value is -1.11. The Morgan fingerprint density at radius 3 is 2.80 bits per heavy atom. The van der Waals surface area contributed by atoms with Crippen LogP contribution in [-0.2, 0) is 6.42 Å². The zero-order valence-corrected chi connectivity index (χ0v) is 9.38. The molecule has 15 heavy (non-hydrogen) atoms. The third-order valence-corrected chi connectivity index (χ3v) is 2.44. The van der Waals surface area contributed by atoms with Gasteiger partial charge in [0.05, 0.1) is 6.67 Å². The van der Waals surface area contributed by atoms with E-state index < -0.39 is 0 Å². The highest BCUT2D eigenvalue weighted by atomic mass is 19.1. The Balaban J connectivity index is 2.62. The Bertz CT molecular complexity index is 302. The number of alkyl halides is 1. The SMILES string of the molecule is CCCCC=Cc1ccccc1CCF. The Labute approximate surface area is 91.8 Å². The third-order valence-electron chi connectivity index (χ3n) is 2.44. The molecule has 1 heteroatoms. The van der Waals surface area contributed by atoms with Crippen LogP contribution in [0.1, 0.15) is 37.3 Å². The molecule has 0 spiro atoms. The first-order valence-electron chi connectivity index (χ1n) is 5.69. The minimum Gasteiger partial charge on any atom is -0.251 e. The van der Waals surface area contributed by atoms with Crippen molar-refractivity contribution in [2.45, 2.75) is 32.6 Å². The first-order chi connectivity index (χ1) is 7.38. The molecule has 0 nitrogen and oxygen atoms in total. The first-order valence-corrected chi connectivity index (χ1v) is 5.69. The van der Waals surface area contributed by atoms with Gasteiger partial charge in [0.15, 0.2) is 0 Å². The number of hydrogen-bond donors (Lipinski definition) is 0. The molecule has 0 amide bonds. The topological polar surface area (TPSA) is 0 Å². The molecule has 1 aromatic carbocycles. The quantitative estimate of drug-likeness (QED) is 0.605. The zero-order chi connectivity index (χ0) is 10.9. The van der Waals surface area contributed by atoms with Crippen LogP contribution >= 0.6 is 0 Å². The Morgan fingerprint density at radius 1 is 1.27 bits per heavy atom. The van der Waals surface area contributed by atoms with Crippen LogP contribution in [0.5, 0.6) is 0 Å². The number of aryl methyl sites for hydroxylation is 1. The second-order valence-corrected chi connectivity index (χ2v) is 3.68. The fourth-order valence-corrected chi connectivity index (χ4v) is 1.56. The summed E-state index contributed by atoms with van der Waals surface area (Å²) in [5.74, 6) is 0. The monoisotopic (exact) mass is 206 g/mol. The number of halogens is 1. The van der Waals surface area contributed by atoms with E-state index in [1.54, 1.807) is 0 Å². The molecule has 0 aliphatic rings.